The third-order valence-corrected chi connectivity index (χ3v) is 2.23. The minimum atomic E-state index is -3.73. The summed E-state index contributed by atoms with van der Waals surface area (Å²) in [4.78, 5) is 21.6. The summed E-state index contributed by atoms with van der Waals surface area (Å²) in [6.45, 7) is 0. The van der Waals surface area contributed by atoms with Gasteiger partial charge in [-0.2, -0.15) is 0 Å². The van der Waals surface area contributed by atoms with Crippen LogP contribution in [0.5, 0.6) is 11.5 Å². The van der Waals surface area contributed by atoms with Crippen molar-refractivity contribution in [3.8, 4) is 11.5 Å². The van der Waals surface area contributed by atoms with Gasteiger partial charge in [-0.3, -0.25) is 4.79 Å². The van der Waals surface area contributed by atoms with Crippen molar-refractivity contribution < 1.29 is 27.8 Å². The van der Waals surface area contributed by atoms with Crippen LogP contribution in [0.2, 0.25) is 0 Å². The van der Waals surface area contributed by atoms with E-state index in [2.05, 4.69) is 9.47 Å². The van der Waals surface area contributed by atoms with Crippen molar-refractivity contribution in [3.63, 3.8) is 0 Å². The van der Waals surface area contributed by atoms with Crippen molar-refractivity contribution >= 4 is 12.2 Å². The van der Waals surface area contributed by atoms with Crippen LogP contribution in [-0.4, -0.2) is 18.5 Å². The van der Waals surface area contributed by atoms with Crippen LogP contribution in [0.1, 0.15) is 11.5 Å². The minimum Gasteiger partial charge on any atom is -0.395 e. The number of fused-ring (bicyclic) bond motifs is 1. The molecular formula is C10H7F2NO4. The van der Waals surface area contributed by atoms with E-state index in [1.54, 1.807) is 0 Å². The van der Waals surface area contributed by atoms with Gasteiger partial charge >= 0.3 is 6.29 Å². The normalized spacial score (nSPS) is 17.5. The molecule has 90 valence electrons. The Morgan fingerprint density at radius 1 is 1.35 bits per heavy atom. The Bertz CT molecular complexity index is 489. The molecule has 1 heterocycles. The predicted octanol–water partition coefficient (Wildman–Crippen LogP) is 0.776. The average Bonchev–Trinajstić information content (AvgIpc) is 2.51. The molecule has 1 aliphatic rings. The smallest absolute Gasteiger partial charge is 0.395 e. The van der Waals surface area contributed by atoms with Gasteiger partial charge in [0.2, 0.25) is 5.91 Å². The van der Waals surface area contributed by atoms with Gasteiger partial charge in [0.25, 0.3) is 0 Å². The minimum absolute atomic E-state index is 0.159. The molecule has 0 radical (unpaired) electrons. The second-order valence-corrected chi connectivity index (χ2v) is 3.39. The number of primary amides is 1. The van der Waals surface area contributed by atoms with Crippen LogP contribution in [0.15, 0.2) is 18.2 Å². The number of hydrogen-bond donors (Lipinski definition) is 1. The van der Waals surface area contributed by atoms with E-state index in [4.69, 9.17) is 5.73 Å². The lowest BCUT2D eigenvalue weighted by Gasteiger charge is -2.06. The monoisotopic (exact) mass is 243 g/mol. The predicted molar refractivity (Wildman–Crippen MR) is 50.6 cm³/mol. The fourth-order valence-corrected chi connectivity index (χ4v) is 1.47. The number of benzene rings is 1. The molecule has 0 bridgehead atoms. The number of halogens is 2. The van der Waals surface area contributed by atoms with Gasteiger partial charge in [-0.1, -0.05) is 6.07 Å². The summed E-state index contributed by atoms with van der Waals surface area (Å²) in [7, 11) is 0. The largest absolute Gasteiger partial charge is 0.586 e. The van der Waals surface area contributed by atoms with Crippen LogP contribution in [0.4, 0.5) is 8.78 Å². The van der Waals surface area contributed by atoms with E-state index in [9.17, 15) is 18.4 Å². The molecule has 1 aromatic rings. The van der Waals surface area contributed by atoms with E-state index in [-0.39, 0.29) is 17.1 Å². The van der Waals surface area contributed by atoms with Crippen molar-refractivity contribution in [2.45, 2.75) is 12.2 Å². The first kappa shape index (κ1) is 11.3. The summed E-state index contributed by atoms with van der Waals surface area (Å²) in [5.41, 5.74) is 5.16. The highest BCUT2D eigenvalue weighted by Gasteiger charge is 2.43. The van der Waals surface area contributed by atoms with Gasteiger partial charge in [0.05, 0.1) is 0 Å². The first-order valence-corrected chi connectivity index (χ1v) is 4.57. The molecule has 2 rings (SSSR count). The van der Waals surface area contributed by atoms with Crippen LogP contribution in [0.25, 0.3) is 0 Å². The second kappa shape index (κ2) is 3.69. The van der Waals surface area contributed by atoms with E-state index >= 15 is 0 Å². The molecule has 1 aliphatic heterocycles. The number of alkyl halides is 2. The molecule has 0 fully saturated rings. The van der Waals surface area contributed by atoms with E-state index in [0.717, 1.165) is 6.07 Å². The highest BCUT2D eigenvalue weighted by atomic mass is 19.3. The molecule has 1 unspecified atom stereocenters. The van der Waals surface area contributed by atoms with E-state index in [1.807, 2.05) is 0 Å². The summed E-state index contributed by atoms with van der Waals surface area (Å²) >= 11 is 0. The van der Waals surface area contributed by atoms with Crippen molar-refractivity contribution in [2.24, 2.45) is 5.73 Å². The molecule has 1 atom stereocenters. The molecule has 0 saturated carbocycles. The average molecular weight is 243 g/mol. The number of amides is 1. The molecule has 0 spiro atoms. The zero-order chi connectivity index (χ0) is 12.6. The third kappa shape index (κ3) is 2.03. The fourth-order valence-electron chi connectivity index (χ4n) is 1.47. The Hall–Kier alpha value is -2.18. The van der Waals surface area contributed by atoms with Gasteiger partial charge in [-0.05, 0) is 17.7 Å². The number of aldehydes is 1. The number of hydrogen-bond acceptors (Lipinski definition) is 4. The van der Waals surface area contributed by atoms with Gasteiger partial charge in [-0.25, -0.2) is 0 Å². The fraction of sp³-hybridized carbons (Fsp3) is 0.200. The van der Waals surface area contributed by atoms with Gasteiger partial charge in [0.1, 0.15) is 12.2 Å². The Morgan fingerprint density at radius 3 is 2.59 bits per heavy atom. The van der Waals surface area contributed by atoms with Gasteiger partial charge in [-0.15, -0.1) is 8.78 Å². The van der Waals surface area contributed by atoms with E-state index < -0.39 is 18.1 Å². The topological polar surface area (TPSA) is 78.6 Å². The van der Waals surface area contributed by atoms with Gasteiger partial charge in [0.15, 0.2) is 11.5 Å². The maximum absolute atomic E-state index is 12.7. The van der Waals surface area contributed by atoms with Crippen molar-refractivity contribution in [1.82, 2.24) is 0 Å². The standard InChI is InChI=1S/C10H7F2NO4/c11-10(12)16-7-2-1-5(3-8(7)17-10)6(4-14)9(13)15/h1-4,6H,(H2,13,15). The van der Waals surface area contributed by atoms with Gasteiger partial charge in [0, 0.05) is 0 Å². The molecular weight excluding hydrogens is 236 g/mol. The van der Waals surface area contributed by atoms with E-state index in [0.29, 0.717) is 6.29 Å². The van der Waals surface area contributed by atoms with Crippen molar-refractivity contribution in [2.75, 3.05) is 0 Å². The zero-order valence-corrected chi connectivity index (χ0v) is 8.35. The number of carbonyl (C=O) groups excluding carboxylic acids is 2. The summed E-state index contributed by atoms with van der Waals surface area (Å²) in [6, 6.07) is 3.61. The zero-order valence-electron chi connectivity index (χ0n) is 8.35. The lowest BCUT2D eigenvalue weighted by molar-refractivity contribution is -0.286. The van der Waals surface area contributed by atoms with Crippen LogP contribution < -0.4 is 15.2 Å². The molecule has 0 aromatic heterocycles. The molecule has 7 heteroatoms. The Labute approximate surface area is 94.1 Å². The molecule has 17 heavy (non-hydrogen) atoms. The SMILES string of the molecule is NC(=O)C(C=O)c1ccc2c(c1)OC(F)(F)O2. The Morgan fingerprint density at radius 2 is 2.00 bits per heavy atom. The molecule has 2 N–H and O–H groups in total. The number of rotatable bonds is 3. The lowest BCUT2D eigenvalue weighted by Crippen LogP contribution is -2.26. The van der Waals surface area contributed by atoms with Crippen molar-refractivity contribution in [3.05, 3.63) is 23.8 Å². The number of nitrogens with two attached hydrogens (primary N) is 1. The summed E-state index contributed by atoms with van der Waals surface area (Å²) in [5, 5.41) is 0. The van der Waals surface area contributed by atoms with Crippen LogP contribution >= 0.6 is 0 Å². The maximum atomic E-state index is 12.7. The first-order valence-electron chi connectivity index (χ1n) is 4.57. The van der Waals surface area contributed by atoms with Crippen LogP contribution in [0, 0.1) is 0 Å². The Balaban J connectivity index is 2.36. The second-order valence-electron chi connectivity index (χ2n) is 3.39. The highest BCUT2D eigenvalue weighted by Crippen LogP contribution is 2.41. The van der Waals surface area contributed by atoms with Crippen molar-refractivity contribution in [1.29, 1.82) is 0 Å². The number of ether oxygens (including phenoxy) is 2. The molecule has 0 saturated heterocycles. The molecule has 0 aliphatic carbocycles. The quantitative estimate of drug-likeness (QED) is 0.628. The van der Waals surface area contributed by atoms with Gasteiger partial charge < -0.3 is 20.0 Å². The van der Waals surface area contributed by atoms with Crippen LogP contribution in [0.3, 0.4) is 0 Å². The third-order valence-electron chi connectivity index (χ3n) is 2.23. The summed E-state index contributed by atoms with van der Waals surface area (Å²) in [5.74, 6) is -2.46. The molecule has 1 amide bonds. The summed E-state index contributed by atoms with van der Waals surface area (Å²) in [6.07, 6.45) is -3.40. The van der Waals surface area contributed by atoms with Crippen LogP contribution in [-0.2, 0) is 9.59 Å². The lowest BCUT2D eigenvalue weighted by atomic mass is 10.00. The summed E-state index contributed by atoms with van der Waals surface area (Å²) < 4.78 is 33.8. The highest BCUT2D eigenvalue weighted by molar-refractivity contribution is 5.96. The Kier molecular flexibility index (Phi) is 2.45. The maximum Gasteiger partial charge on any atom is 0.586 e. The molecule has 1 aromatic carbocycles. The molecule has 5 nitrogen and oxygen atoms in total. The van der Waals surface area contributed by atoms with E-state index in [1.165, 1.54) is 12.1 Å². The first-order chi connectivity index (χ1) is 7.93. The number of carbonyl (C=O) groups is 2.